The number of rotatable bonds is 5. The molecular formula is C11H18ClN3O2. The summed E-state index contributed by atoms with van der Waals surface area (Å²) < 4.78 is 1.53. The van der Waals surface area contributed by atoms with Crippen LogP contribution in [0.4, 0.5) is 0 Å². The first-order chi connectivity index (χ1) is 7.73. The Morgan fingerprint density at radius 1 is 1.59 bits per heavy atom. The second-order valence-electron chi connectivity index (χ2n) is 4.76. The summed E-state index contributed by atoms with van der Waals surface area (Å²) in [5.74, 6) is -0.418. The summed E-state index contributed by atoms with van der Waals surface area (Å²) in [6.07, 6.45) is 1.43. The maximum atomic E-state index is 12.0. The molecule has 0 bridgehead atoms. The predicted molar refractivity (Wildman–Crippen MR) is 66.4 cm³/mol. The lowest BCUT2D eigenvalue weighted by Crippen LogP contribution is -2.34. The molecule has 0 spiro atoms. The van der Waals surface area contributed by atoms with Crippen LogP contribution in [0.15, 0.2) is 6.20 Å². The number of hydrogen-bond acceptors (Lipinski definition) is 4. The van der Waals surface area contributed by atoms with Gasteiger partial charge in [0.25, 0.3) is 0 Å². The summed E-state index contributed by atoms with van der Waals surface area (Å²) in [6.45, 7) is 4.17. The Bertz CT molecular complexity index is 407. The Morgan fingerprint density at radius 2 is 2.18 bits per heavy atom. The minimum atomic E-state index is -1.44. The molecule has 17 heavy (non-hydrogen) atoms. The van der Waals surface area contributed by atoms with Crippen molar-refractivity contribution in [3.8, 4) is 0 Å². The standard InChI is InChI=1S/C11H18ClN3O2/c1-11(2,17)10(16)9-8(12)7-13-15(9)6-5-14(3)4/h7,17H,5-6H2,1-4H3. The van der Waals surface area contributed by atoms with Gasteiger partial charge in [-0.15, -0.1) is 0 Å². The predicted octanol–water partition coefficient (Wildman–Crippen LogP) is 1.05. The third-order valence-electron chi connectivity index (χ3n) is 2.32. The van der Waals surface area contributed by atoms with Crippen molar-refractivity contribution in [2.24, 2.45) is 0 Å². The number of ketones is 1. The molecule has 0 aliphatic carbocycles. The van der Waals surface area contributed by atoms with Crippen LogP contribution in [-0.2, 0) is 6.54 Å². The lowest BCUT2D eigenvalue weighted by atomic mass is 10.0. The van der Waals surface area contributed by atoms with E-state index in [4.69, 9.17) is 11.6 Å². The monoisotopic (exact) mass is 259 g/mol. The van der Waals surface area contributed by atoms with Gasteiger partial charge in [-0.05, 0) is 27.9 Å². The molecular weight excluding hydrogens is 242 g/mol. The van der Waals surface area contributed by atoms with Gasteiger partial charge in [0, 0.05) is 6.54 Å². The van der Waals surface area contributed by atoms with Gasteiger partial charge in [0.2, 0.25) is 5.78 Å². The number of likely N-dealkylation sites (N-methyl/N-ethyl adjacent to an activating group) is 1. The smallest absolute Gasteiger partial charge is 0.213 e. The molecule has 1 aromatic heterocycles. The number of hydrogen-bond donors (Lipinski definition) is 1. The average molecular weight is 260 g/mol. The van der Waals surface area contributed by atoms with Crippen molar-refractivity contribution in [1.29, 1.82) is 0 Å². The number of Topliss-reactive ketones (excluding diaryl/α,β-unsaturated/α-hetero) is 1. The second kappa shape index (κ2) is 5.16. The van der Waals surface area contributed by atoms with Crippen molar-refractivity contribution >= 4 is 17.4 Å². The Hall–Kier alpha value is -0.910. The molecule has 0 fully saturated rings. The Kier molecular flexibility index (Phi) is 4.30. The molecule has 0 aliphatic rings. The normalized spacial score (nSPS) is 12.2. The fraction of sp³-hybridized carbons (Fsp3) is 0.636. The van der Waals surface area contributed by atoms with Crippen molar-refractivity contribution in [1.82, 2.24) is 14.7 Å². The number of carbonyl (C=O) groups excluding carboxylic acids is 1. The molecule has 96 valence electrons. The first-order valence-electron chi connectivity index (χ1n) is 5.36. The minimum absolute atomic E-state index is 0.265. The van der Waals surface area contributed by atoms with Crippen LogP contribution < -0.4 is 0 Å². The van der Waals surface area contributed by atoms with Crippen LogP contribution in [-0.4, -0.2) is 51.8 Å². The van der Waals surface area contributed by atoms with E-state index in [0.29, 0.717) is 6.54 Å². The average Bonchev–Trinajstić information content (AvgIpc) is 2.54. The van der Waals surface area contributed by atoms with Gasteiger partial charge in [-0.1, -0.05) is 11.6 Å². The van der Waals surface area contributed by atoms with Gasteiger partial charge in [0.15, 0.2) is 0 Å². The number of carbonyl (C=O) groups is 1. The third kappa shape index (κ3) is 3.52. The van der Waals surface area contributed by atoms with E-state index >= 15 is 0 Å². The van der Waals surface area contributed by atoms with E-state index in [0.717, 1.165) is 6.54 Å². The molecule has 0 radical (unpaired) electrons. The SMILES string of the molecule is CN(C)CCn1ncc(Cl)c1C(=O)C(C)(C)O. The molecule has 0 atom stereocenters. The Labute approximate surface area is 106 Å². The molecule has 0 aromatic carbocycles. The van der Waals surface area contributed by atoms with E-state index in [1.165, 1.54) is 24.7 Å². The fourth-order valence-corrected chi connectivity index (χ4v) is 1.57. The first-order valence-corrected chi connectivity index (χ1v) is 5.74. The van der Waals surface area contributed by atoms with E-state index in [2.05, 4.69) is 5.10 Å². The van der Waals surface area contributed by atoms with Gasteiger partial charge in [0.05, 0.1) is 17.8 Å². The summed E-state index contributed by atoms with van der Waals surface area (Å²) in [5, 5.41) is 14.0. The molecule has 0 saturated heterocycles. The highest BCUT2D eigenvalue weighted by Crippen LogP contribution is 2.20. The zero-order valence-corrected chi connectivity index (χ0v) is 11.3. The van der Waals surface area contributed by atoms with Crippen LogP contribution in [0, 0.1) is 0 Å². The van der Waals surface area contributed by atoms with Crippen LogP contribution in [0.1, 0.15) is 24.3 Å². The highest BCUT2D eigenvalue weighted by atomic mass is 35.5. The summed E-state index contributed by atoms with van der Waals surface area (Å²) in [4.78, 5) is 14.0. The fourth-order valence-electron chi connectivity index (χ4n) is 1.34. The van der Waals surface area contributed by atoms with E-state index in [-0.39, 0.29) is 10.7 Å². The van der Waals surface area contributed by atoms with Gasteiger partial charge in [-0.3, -0.25) is 9.48 Å². The van der Waals surface area contributed by atoms with Crippen molar-refractivity contribution in [2.75, 3.05) is 20.6 Å². The van der Waals surface area contributed by atoms with Crippen molar-refractivity contribution in [2.45, 2.75) is 26.0 Å². The summed E-state index contributed by atoms with van der Waals surface area (Å²) in [7, 11) is 3.87. The van der Waals surface area contributed by atoms with Gasteiger partial charge in [-0.2, -0.15) is 5.10 Å². The lowest BCUT2D eigenvalue weighted by molar-refractivity contribution is 0.0476. The third-order valence-corrected chi connectivity index (χ3v) is 2.60. The van der Waals surface area contributed by atoms with Crippen LogP contribution >= 0.6 is 11.6 Å². The van der Waals surface area contributed by atoms with Crippen LogP contribution in [0.25, 0.3) is 0 Å². The first kappa shape index (κ1) is 14.2. The maximum absolute atomic E-state index is 12.0. The zero-order valence-electron chi connectivity index (χ0n) is 10.6. The molecule has 1 rings (SSSR count). The molecule has 1 aromatic rings. The van der Waals surface area contributed by atoms with Crippen molar-refractivity contribution < 1.29 is 9.90 Å². The van der Waals surface area contributed by atoms with E-state index in [1.54, 1.807) is 0 Å². The topological polar surface area (TPSA) is 58.4 Å². The highest BCUT2D eigenvalue weighted by Gasteiger charge is 2.30. The Morgan fingerprint density at radius 3 is 2.65 bits per heavy atom. The number of halogens is 1. The van der Waals surface area contributed by atoms with Crippen molar-refractivity contribution in [3.05, 3.63) is 16.9 Å². The van der Waals surface area contributed by atoms with Gasteiger partial charge >= 0.3 is 0 Å². The largest absolute Gasteiger partial charge is 0.382 e. The Balaban J connectivity index is 2.98. The van der Waals surface area contributed by atoms with Crippen LogP contribution in [0.3, 0.4) is 0 Å². The molecule has 0 amide bonds. The number of nitrogens with zero attached hydrogens (tertiary/aromatic N) is 3. The molecule has 0 aliphatic heterocycles. The van der Waals surface area contributed by atoms with Crippen LogP contribution in [0.2, 0.25) is 5.02 Å². The number of aromatic nitrogens is 2. The molecule has 1 N–H and O–H groups in total. The quantitative estimate of drug-likeness (QED) is 0.803. The maximum Gasteiger partial charge on any atom is 0.213 e. The van der Waals surface area contributed by atoms with E-state index in [1.807, 2.05) is 19.0 Å². The summed E-state index contributed by atoms with van der Waals surface area (Å²) in [5.41, 5.74) is -1.18. The van der Waals surface area contributed by atoms with Crippen molar-refractivity contribution in [3.63, 3.8) is 0 Å². The molecule has 5 nitrogen and oxygen atoms in total. The lowest BCUT2D eigenvalue weighted by Gasteiger charge is -2.17. The molecule has 0 unspecified atom stereocenters. The summed E-state index contributed by atoms with van der Waals surface area (Å²) in [6, 6.07) is 0. The van der Waals surface area contributed by atoms with E-state index < -0.39 is 11.4 Å². The van der Waals surface area contributed by atoms with Gasteiger partial charge in [0.1, 0.15) is 11.3 Å². The number of aliphatic hydroxyl groups is 1. The highest BCUT2D eigenvalue weighted by molar-refractivity contribution is 6.33. The summed E-state index contributed by atoms with van der Waals surface area (Å²) >= 11 is 5.93. The van der Waals surface area contributed by atoms with Crippen LogP contribution in [0.5, 0.6) is 0 Å². The van der Waals surface area contributed by atoms with Gasteiger partial charge in [-0.25, -0.2) is 0 Å². The minimum Gasteiger partial charge on any atom is -0.382 e. The molecule has 1 heterocycles. The van der Waals surface area contributed by atoms with Gasteiger partial charge < -0.3 is 10.0 Å². The second-order valence-corrected chi connectivity index (χ2v) is 5.16. The molecule has 0 saturated carbocycles. The molecule has 6 heteroatoms. The van der Waals surface area contributed by atoms with E-state index in [9.17, 15) is 9.90 Å². The zero-order chi connectivity index (χ0) is 13.2.